The number of rotatable bonds is 0. The van der Waals surface area contributed by atoms with E-state index in [-0.39, 0.29) is 0 Å². The molecule has 0 aromatic heterocycles. The van der Waals surface area contributed by atoms with Crippen LogP contribution in [-0.4, -0.2) is 5.78 Å². The minimum atomic E-state index is 0.454. The summed E-state index contributed by atoms with van der Waals surface area (Å²) in [6, 6.07) is 0. The second-order valence-electron chi connectivity index (χ2n) is 4.56. The van der Waals surface area contributed by atoms with Crippen LogP contribution in [0, 0.1) is 35.5 Å². The zero-order valence-corrected chi connectivity index (χ0v) is 6.23. The summed E-state index contributed by atoms with van der Waals surface area (Å²) in [6.45, 7) is 0. The quantitative estimate of drug-likeness (QED) is 0.470. The Hall–Kier alpha value is -0.590. The number of hydrogen-bond acceptors (Lipinski definition) is 1. The number of allylic oxidation sites excluding steroid dienone is 2. The highest BCUT2D eigenvalue weighted by Gasteiger charge is 2.72. The third-order valence-corrected chi connectivity index (χ3v) is 4.33. The van der Waals surface area contributed by atoms with Gasteiger partial charge in [0.2, 0.25) is 0 Å². The molecule has 6 bridgehead atoms. The van der Waals surface area contributed by atoms with E-state index in [2.05, 4.69) is 12.2 Å². The van der Waals surface area contributed by atoms with Crippen molar-refractivity contribution in [1.82, 2.24) is 0 Å². The van der Waals surface area contributed by atoms with Crippen molar-refractivity contribution in [2.24, 2.45) is 35.5 Å². The molecule has 56 valence electrons. The van der Waals surface area contributed by atoms with Gasteiger partial charge >= 0.3 is 0 Å². The molecular formula is C10H10O. The number of carbonyl (C=O) groups excluding carboxylic acids is 1. The van der Waals surface area contributed by atoms with Crippen molar-refractivity contribution in [2.45, 2.75) is 6.42 Å². The molecular weight excluding hydrogens is 136 g/mol. The molecule has 0 radical (unpaired) electrons. The fourth-order valence-corrected chi connectivity index (χ4v) is 3.96. The van der Waals surface area contributed by atoms with Gasteiger partial charge in [0.25, 0.3) is 0 Å². The summed E-state index contributed by atoms with van der Waals surface area (Å²) in [6.07, 6.45) is 5.96. The molecule has 4 fully saturated rings. The first-order chi connectivity index (χ1) is 5.38. The zero-order chi connectivity index (χ0) is 7.16. The largest absolute Gasteiger partial charge is 0.299 e. The summed E-state index contributed by atoms with van der Waals surface area (Å²) < 4.78 is 0. The fourth-order valence-electron chi connectivity index (χ4n) is 3.96. The lowest BCUT2D eigenvalue weighted by molar-refractivity contribution is -0.126. The maximum atomic E-state index is 11.6. The number of hydrogen-bond donors (Lipinski definition) is 0. The van der Waals surface area contributed by atoms with Crippen LogP contribution in [0.25, 0.3) is 0 Å². The molecule has 0 aliphatic heterocycles. The van der Waals surface area contributed by atoms with E-state index in [1.807, 2.05) is 0 Å². The minimum Gasteiger partial charge on any atom is -0.299 e. The number of ketones is 1. The Kier molecular flexibility index (Phi) is 0.566. The molecule has 6 atom stereocenters. The van der Waals surface area contributed by atoms with Crippen molar-refractivity contribution in [3.63, 3.8) is 0 Å². The standard InChI is InChI=1S/C10H10O/c11-10-7-4-1-2-5(7)8-6(3-4)9(8)10/h1-2,4-9H,3H2. The van der Waals surface area contributed by atoms with E-state index in [1.54, 1.807) is 0 Å². The van der Waals surface area contributed by atoms with Crippen LogP contribution in [0.2, 0.25) is 0 Å². The van der Waals surface area contributed by atoms with E-state index in [0.29, 0.717) is 29.5 Å². The molecule has 5 aliphatic rings. The number of carbonyl (C=O) groups is 1. The maximum absolute atomic E-state index is 11.6. The molecule has 11 heavy (non-hydrogen) atoms. The summed E-state index contributed by atoms with van der Waals surface area (Å²) in [5.74, 6) is 4.58. The van der Waals surface area contributed by atoms with Gasteiger partial charge in [0, 0.05) is 11.8 Å². The van der Waals surface area contributed by atoms with Crippen LogP contribution in [0.15, 0.2) is 12.2 Å². The first-order valence-corrected chi connectivity index (χ1v) is 4.60. The van der Waals surface area contributed by atoms with Gasteiger partial charge in [-0.1, -0.05) is 12.2 Å². The molecule has 5 aliphatic carbocycles. The van der Waals surface area contributed by atoms with E-state index < -0.39 is 0 Å². The zero-order valence-electron chi connectivity index (χ0n) is 6.23. The van der Waals surface area contributed by atoms with Gasteiger partial charge in [0.15, 0.2) is 0 Å². The third-order valence-electron chi connectivity index (χ3n) is 4.33. The molecule has 0 saturated heterocycles. The predicted molar refractivity (Wildman–Crippen MR) is 39.7 cm³/mol. The molecule has 0 N–H and O–H groups in total. The van der Waals surface area contributed by atoms with Crippen LogP contribution in [0.3, 0.4) is 0 Å². The van der Waals surface area contributed by atoms with Crippen molar-refractivity contribution in [3.05, 3.63) is 12.2 Å². The molecule has 5 rings (SSSR count). The lowest BCUT2D eigenvalue weighted by atomic mass is 9.75. The van der Waals surface area contributed by atoms with E-state index in [1.165, 1.54) is 6.42 Å². The van der Waals surface area contributed by atoms with Crippen LogP contribution >= 0.6 is 0 Å². The van der Waals surface area contributed by atoms with Gasteiger partial charge < -0.3 is 0 Å². The Morgan fingerprint density at radius 1 is 1.27 bits per heavy atom. The highest BCUT2D eigenvalue weighted by Crippen LogP contribution is 2.71. The molecule has 6 unspecified atom stereocenters. The van der Waals surface area contributed by atoms with Crippen molar-refractivity contribution in [1.29, 1.82) is 0 Å². The first-order valence-electron chi connectivity index (χ1n) is 4.60. The lowest BCUT2D eigenvalue weighted by Gasteiger charge is -2.27. The average Bonchev–Trinajstić information content (AvgIpc) is 2.52. The van der Waals surface area contributed by atoms with Gasteiger partial charge in [-0.15, -0.1) is 0 Å². The summed E-state index contributed by atoms with van der Waals surface area (Å²) in [5.41, 5.74) is 0. The topological polar surface area (TPSA) is 17.1 Å². The monoisotopic (exact) mass is 146 g/mol. The van der Waals surface area contributed by atoms with Crippen molar-refractivity contribution >= 4 is 5.78 Å². The van der Waals surface area contributed by atoms with E-state index in [0.717, 1.165) is 11.8 Å². The molecule has 1 nitrogen and oxygen atoms in total. The average molecular weight is 146 g/mol. The molecule has 0 heterocycles. The van der Waals surface area contributed by atoms with E-state index >= 15 is 0 Å². The molecule has 0 aromatic carbocycles. The summed E-state index contributed by atoms with van der Waals surface area (Å²) >= 11 is 0. The smallest absolute Gasteiger partial charge is 0.140 e. The van der Waals surface area contributed by atoms with Gasteiger partial charge in [-0.2, -0.15) is 0 Å². The molecule has 1 heteroatoms. The van der Waals surface area contributed by atoms with Crippen LogP contribution in [0.5, 0.6) is 0 Å². The SMILES string of the molecule is O=C1C2C3C=CC2C2C(C3)C12. The van der Waals surface area contributed by atoms with Crippen LogP contribution < -0.4 is 0 Å². The Morgan fingerprint density at radius 2 is 2.18 bits per heavy atom. The van der Waals surface area contributed by atoms with Crippen LogP contribution in [0.4, 0.5) is 0 Å². The predicted octanol–water partition coefficient (Wildman–Crippen LogP) is 1.25. The second-order valence-corrected chi connectivity index (χ2v) is 4.56. The van der Waals surface area contributed by atoms with E-state index in [9.17, 15) is 4.79 Å². The first kappa shape index (κ1) is 5.13. The molecule has 0 aromatic rings. The van der Waals surface area contributed by atoms with Crippen molar-refractivity contribution < 1.29 is 4.79 Å². The highest BCUT2D eigenvalue weighted by atomic mass is 16.1. The van der Waals surface area contributed by atoms with E-state index in [4.69, 9.17) is 0 Å². The Balaban J connectivity index is 1.98. The van der Waals surface area contributed by atoms with Crippen LogP contribution in [-0.2, 0) is 4.79 Å². The molecule has 4 saturated carbocycles. The Labute approximate surface area is 65.5 Å². The van der Waals surface area contributed by atoms with Gasteiger partial charge in [0.1, 0.15) is 5.78 Å². The summed E-state index contributed by atoms with van der Waals surface area (Å²) in [5, 5.41) is 0. The second kappa shape index (κ2) is 1.21. The third kappa shape index (κ3) is 0.350. The van der Waals surface area contributed by atoms with Crippen molar-refractivity contribution in [2.75, 3.05) is 0 Å². The van der Waals surface area contributed by atoms with Gasteiger partial charge in [-0.05, 0) is 30.1 Å². The fraction of sp³-hybridized carbons (Fsp3) is 0.700. The normalized spacial score (nSPS) is 67.5. The van der Waals surface area contributed by atoms with Gasteiger partial charge in [-0.25, -0.2) is 0 Å². The summed E-state index contributed by atoms with van der Waals surface area (Å²) in [7, 11) is 0. The summed E-state index contributed by atoms with van der Waals surface area (Å²) in [4.78, 5) is 11.6. The van der Waals surface area contributed by atoms with Gasteiger partial charge in [0.05, 0.1) is 0 Å². The maximum Gasteiger partial charge on any atom is 0.140 e. The van der Waals surface area contributed by atoms with Gasteiger partial charge in [-0.3, -0.25) is 4.79 Å². The Bertz CT molecular complexity index is 291. The highest BCUT2D eigenvalue weighted by molar-refractivity contribution is 5.92. The minimum absolute atomic E-state index is 0.454. The number of Topliss-reactive ketones (excluding diaryl/α,β-unsaturated/α-hetero) is 1. The van der Waals surface area contributed by atoms with Crippen molar-refractivity contribution in [3.8, 4) is 0 Å². The Morgan fingerprint density at radius 3 is 2.91 bits per heavy atom. The van der Waals surface area contributed by atoms with Crippen LogP contribution in [0.1, 0.15) is 6.42 Å². The lowest BCUT2D eigenvalue weighted by Crippen LogP contribution is -2.30. The molecule has 0 amide bonds. The molecule has 0 spiro atoms.